The molecule has 0 amide bonds. The standard InChI is InChI=1S/C24H24N4S3/c25-23(30-15-13-17-4-2-1-3-5-17)27-19-8-6-18(7-9-19)12-14-26-24-28-21-11-10-20(29)16-22(21)31-24/h1-11,16,29H,12-15H2,(H2,25,27)(H,26,28). The Hall–Kier alpha value is -2.48. The fourth-order valence-electron chi connectivity index (χ4n) is 3.12. The number of aromatic nitrogens is 1. The van der Waals surface area contributed by atoms with Crippen LogP contribution >= 0.6 is 35.7 Å². The van der Waals surface area contributed by atoms with Gasteiger partial charge in [-0.15, -0.1) is 12.6 Å². The van der Waals surface area contributed by atoms with Crippen LogP contribution in [0, 0.1) is 0 Å². The molecular weight excluding hydrogens is 440 g/mol. The van der Waals surface area contributed by atoms with Gasteiger partial charge in [-0.25, -0.2) is 9.98 Å². The van der Waals surface area contributed by atoms with Crippen LogP contribution in [0.5, 0.6) is 0 Å². The lowest BCUT2D eigenvalue weighted by molar-refractivity contribution is 1.02. The maximum absolute atomic E-state index is 6.09. The highest BCUT2D eigenvalue weighted by atomic mass is 32.2. The molecule has 4 rings (SSSR count). The van der Waals surface area contributed by atoms with Crippen LogP contribution in [0.25, 0.3) is 10.2 Å². The topological polar surface area (TPSA) is 63.3 Å². The Balaban J connectivity index is 1.24. The largest absolute Gasteiger partial charge is 0.378 e. The van der Waals surface area contributed by atoms with Gasteiger partial charge in [0.1, 0.15) is 0 Å². The van der Waals surface area contributed by atoms with E-state index >= 15 is 0 Å². The van der Waals surface area contributed by atoms with Gasteiger partial charge in [-0.05, 0) is 54.3 Å². The SMILES string of the molecule is NC(=Nc1ccc(CCNc2nc3ccc(S)cc3s2)cc1)SCCc1ccccc1. The van der Waals surface area contributed by atoms with Crippen molar-refractivity contribution >= 4 is 61.9 Å². The molecule has 0 aliphatic heterocycles. The van der Waals surface area contributed by atoms with Crippen LogP contribution in [-0.4, -0.2) is 22.4 Å². The van der Waals surface area contributed by atoms with E-state index in [2.05, 4.69) is 64.3 Å². The van der Waals surface area contributed by atoms with Crippen molar-refractivity contribution in [2.24, 2.45) is 10.7 Å². The van der Waals surface area contributed by atoms with Gasteiger partial charge in [0.25, 0.3) is 0 Å². The summed E-state index contributed by atoms with van der Waals surface area (Å²) in [6.45, 7) is 0.827. The Labute approximate surface area is 196 Å². The molecule has 0 aliphatic rings. The Bertz CT molecular complexity index is 1150. The lowest BCUT2D eigenvalue weighted by Crippen LogP contribution is -2.07. The number of nitrogens with zero attached hydrogens (tertiary/aromatic N) is 2. The molecule has 0 saturated carbocycles. The van der Waals surface area contributed by atoms with Gasteiger partial charge in [0.05, 0.1) is 15.9 Å². The molecule has 7 heteroatoms. The number of hydrogen-bond acceptors (Lipinski definition) is 6. The summed E-state index contributed by atoms with van der Waals surface area (Å²) in [5.41, 5.74) is 10.5. The molecule has 158 valence electrons. The Morgan fingerprint density at radius 3 is 2.58 bits per heavy atom. The Morgan fingerprint density at radius 1 is 1.00 bits per heavy atom. The predicted molar refractivity (Wildman–Crippen MR) is 139 cm³/mol. The number of hydrogen-bond donors (Lipinski definition) is 3. The molecule has 4 nitrogen and oxygen atoms in total. The van der Waals surface area contributed by atoms with E-state index in [1.165, 1.54) is 11.1 Å². The van der Waals surface area contributed by atoms with Crippen LogP contribution in [0.15, 0.2) is 82.7 Å². The molecule has 1 aromatic heterocycles. The number of fused-ring (bicyclic) bond motifs is 1. The van der Waals surface area contributed by atoms with Gasteiger partial charge >= 0.3 is 0 Å². The van der Waals surface area contributed by atoms with Gasteiger partial charge in [0.15, 0.2) is 10.3 Å². The van der Waals surface area contributed by atoms with Gasteiger partial charge in [0.2, 0.25) is 0 Å². The van der Waals surface area contributed by atoms with Crippen LogP contribution in [-0.2, 0) is 12.8 Å². The van der Waals surface area contributed by atoms with E-state index in [4.69, 9.17) is 5.73 Å². The first-order valence-corrected chi connectivity index (χ1v) is 12.3. The van der Waals surface area contributed by atoms with Crippen molar-refractivity contribution in [3.05, 3.63) is 83.9 Å². The summed E-state index contributed by atoms with van der Waals surface area (Å²) >= 11 is 7.64. The summed E-state index contributed by atoms with van der Waals surface area (Å²) in [5, 5.41) is 4.96. The molecule has 3 aromatic carbocycles. The first-order valence-electron chi connectivity index (χ1n) is 10.1. The molecule has 3 N–H and O–H groups in total. The molecule has 1 heterocycles. The van der Waals surface area contributed by atoms with Gasteiger partial charge in [-0.3, -0.25) is 0 Å². The summed E-state index contributed by atoms with van der Waals surface area (Å²) in [6.07, 6.45) is 1.90. The zero-order valence-electron chi connectivity index (χ0n) is 17.0. The fourth-order valence-corrected chi connectivity index (χ4v) is 5.06. The van der Waals surface area contributed by atoms with Crippen molar-refractivity contribution in [1.29, 1.82) is 0 Å². The molecule has 0 saturated heterocycles. The highest BCUT2D eigenvalue weighted by Crippen LogP contribution is 2.27. The van der Waals surface area contributed by atoms with Crippen molar-refractivity contribution in [3.8, 4) is 0 Å². The molecule has 31 heavy (non-hydrogen) atoms. The maximum atomic E-state index is 6.09. The Kier molecular flexibility index (Phi) is 7.51. The van der Waals surface area contributed by atoms with Crippen molar-refractivity contribution in [1.82, 2.24) is 4.98 Å². The number of rotatable bonds is 8. The van der Waals surface area contributed by atoms with Crippen LogP contribution in [0.1, 0.15) is 11.1 Å². The monoisotopic (exact) mass is 464 g/mol. The van der Waals surface area contributed by atoms with E-state index in [1.807, 2.05) is 36.4 Å². The van der Waals surface area contributed by atoms with Gasteiger partial charge in [-0.1, -0.05) is 65.6 Å². The number of anilines is 1. The van der Waals surface area contributed by atoms with Crippen molar-refractivity contribution in [2.45, 2.75) is 17.7 Å². The number of benzene rings is 3. The zero-order chi connectivity index (χ0) is 21.5. The number of thiazole rings is 1. The van der Waals surface area contributed by atoms with E-state index in [9.17, 15) is 0 Å². The predicted octanol–water partition coefficient (Wildman–Crippen LogP) is 6.16. The van der Waals surface area contributed by atoms with Crippen molar-refractivity contribution in [2.75, 3.05) is 17.6 Å². The number of nitrogens with two attached hydrogens (primary N) is 1. The molecule has 0 atom stereocenters. The number of amidine groups is 1. The number of aliphatic imine (C=N–C) groups is 1. The minimum Gasteiger partial charge on any atom is -0.378 e. The summed E-state index contributed by atoms with van der Waals surface area (Å²) in [6, 6.07) is 24.7. The molecule has 4 aromatic rings. The van der Waals surface area contributed by atoms with Crippen LogP contribution in [0.3, 0.4) is 0 Å². The molecular formula is C24H24N4S3. The molecule has 0 bridgehead atoms. The molecule has 0 fully saturated rings. The summed E-state index contributed by atoms with van der Waals surface area (Å²) in [5.74, 6) is 0.921. The Morgan fingerprint density at radius 2 is 1.77 bits per heavy atom. The lowest BCUT2D eigenvalue weighted by Gasteiger charge is -2.04. The lowest BCUT2D eigenvalue weighted by atomic mass is 10.1. The van der Waals surface area contributed by atoms with Gasteiger partial charge in [0, 0.05) is 17.2 Å². The maximum Gasteiger partial charge on any atom is 0.183 e. The molecule has 0 spiro atoms. The minimum absolute atomic E-state index is 0.602. The average molecular weight is 465 g/mol. The van der Waals surface area contributed by atoms with Crippen molar-refractivity contribution in [3.63, 3.8) is 0 Å². The quantitative estimate of drug-likeness (QED) is 0.166. The molecule has 0 aliphatic carbocycles. The average Bonchev–Trinajstić information content (AvgIpc) is 3.17. The van der Waals surface area contributed by atoms with E-state index in [1.54, 1.807) is 23.1 Å². The first kappa shape index (κ1) is 21.7. The van der Waals surface area contributed by atoms with Crippen molar-refractivity contribution < 1.29 is 0 Å². The second kappa shape index (κ2) is 10.7. The van der Waals surface area contributed by atoms with E-state index < -0.39 is 0 Å². The number of thioether (sulfide) groups is 1. The third-order valence-corrected chi connectivity index (χ3v) is 6.77. The molecule has 0 unspecified atom stereocenters. The van der Waals surface area contributed by atoms with Crippen LogP contribution in [0.4, 0.5) is 10.8 Å². The van der Waals surface area contributed by atoms with Gasteiger partial charge in [-0.2, -0.15) is 0 Å². The summed E-state index contributed by atoms with van der Waals surface area (Å²) in [4.78, 5) is 10.1. The fraction of sp³-hybridized carbons (Fsp3) is 0.167. The number of aryl methyl sites for hydroxylation is 1. The highest BCUT2D eigenvalue weighted by molar-refractivity contribution is 8.13. The normalized spacial score (nSPS) is 11.7. The summed E-state index contributed by atoms with van der Waals surface area (Å²) in [7, 11) is 0. The summed E-state index contributed by atoms with van der Waals surface area (Å²) < 4.78 is 1.15. The smallest absolute Gasteiger partial charge is 0.183 e. The van der Waals surface area contributed by atoms with Crippen LogP contribution < -0.4 is 11.1 Å². The zero-order valence-corrected chi connectivity index (χ0v) is 19.5. The van der Waals surface area contributed by atoms with E-state index in [-0.39, 0.29) is 0 Å². The van der Waals surface area contributed by atoms with Gasteiger partial charge < -0.3 is 11.1 Å². The van der Waals surface area contributed by atoms with E-state index in [0.29, 0.717) is 5.17 Å². The second-order valence-corrected chi connectivity index (χ2v) is 9.71. The third-order valence-electron chi connectivity index (χ3n) is 4.72. The second-order valence-electron chi connectivity index (χ2n) is 7.05. The highest BCUT2D eigenvalue weighted by Gasteiger charge is 2.04. The number of thiol groups is 1. The number of nitrogens with one attached hydrogen (secondary N) is 1. The molecule has 0 radical (unpaired) electrons. The first-order chi connectivity index (χ1) is 15.2. The van der Waals surface area contributed by atoms with Crippen LogP contribution in [0.2, 0.25) is 0 Å². The minimum atomic E-state index is 0.602. The van der Waals surface area contributed by atoms with E-state index in [0.717, 1.165) is 51.1 Å². The third kappa shape index (κ3) is 6.50.